The second kappa shape index (κ2) is 4.99. The number of carbonyl (C=O) groups excluding carboxylic acids is 1. The molecule has 1 aliphatic rings. The lowest BCUT2D eigenvalue weighted by molar-refractivity contribution is -0.120. The third-order valence-corrected chi connectivity index (χ3v) is 4.41. The predicted molar refractivity (Wildman–Crippen MR) is 60.6 cm³/mol. The maximum atomic E-state index is 13.5. The van der Waals surface area contributed by atoms with Gasteiger partial charge in [-0.05, 0) is 12.1 Å². The average molecular weight is 273 g/mol. The number of pyridine rings is 1. The first-order valence-electron chi connectivity index (χ1n) is 5.39. The van der Waals surface area contributed by atoms with Gasteiger partial charge in [-0.2, -0.15) is 4.31 Å². The molecule has 2 heterocycles. The molecule has 2 rings (SSSR count). The Morgan fingerprint density at radius 1 is 1.39 bits per heavy atom. The normalized spacial score (nSPS) is 18.2. The van der Waals surface area contributed by atoms with E-state index in [1.807, 2.05) is 0 Å². The van der Waals surface area contributed by atoms with Crippen LogP contribution in [0.3, 0.4) is 0 Å². The standard InChI is InChI=1S/C10H12FN3O3S/c11-8-2-1-4-13-10(8)18(16,17)14-6-3-9(15)12-5-7-14/h1-2,4H,3,5-7H2,(H,12,15). The highest BCUT2D eigenvalue weighted by molar-refractivity contribution is 7.89. The van der Waals surface area contributed by atoms with Crippen LogP contribution in [0.1, 0.15) is 6.42 Å². The summed E-state index contributed by atoms with van der Waals surface area (Å²) in [7, 11) is -3.98. The number of nitrogens with zero attached hydrogens (tertiary/aromatic N) is 2. The fraction of sp³-hybridized carbons (Fsp3) is 0.400. The molecular formula is C10H12FN3O3S. The van der Waals surface area contributed by atoms with Crippen molar-refractivity contribution in [1.29, 1.82) is 0 Å². The number of amides is 1. The van der Waals surface area contributed by atoms with E-state index in [4.69, 9.17) is 0 Å². The average Bonchev–Trinajstić information content (AvgIpc) is 2.54. The molecule has 1 aliphatic heterocycles. The summed E-state index contributed by atoms with van der Waals surface area (Å²) in [5, 5.41) is 1.96. The molecule has 1 saturated heterocycles. The summed E-state index contributed by atoms with van der Waals surface area (Å²) in [5.74, 6) is -1.10. The number of aromatic nitrogens is 1. The van der Waals surface area contributed by atoms with Gasteiger partial charge < -0.3 is 5.32 Å². The minimum absolute atomic E-state index is 0.0319. The maximum Gasteiger partial charge on any atom is 0.263 e. The van der Waals surface area contributed by atoms with E-state index >= 15 is 0 Å². The van der Waals surface area contributed by atoms with Crippen LogP contribution in [0.4, 0.5) is 4.39 Å². The third-order valence-electron chi connectivity index (χ3n) is 2.58. The molecule has 0 aromatic carbocycles. The molecule has 0 radical (unpaired) electrons. The van der Waals surface area contributed by atoms with Crippen LogP contribution < -0.4 is 5.32 Å². The lowest BCUT2D eigenvalue weighted by Gasteiger charge is -2.18. The highest BCUT2D eigenvalue weighted by Crippen LogP contribution is 2.17. The highest BCUT2D eigenvalue weighted by atomic mass is 32.2. The largest absolute Gasteiger partial charge is 0.355 e. The van der Waals surface area contributed by atoms with E-state index in [2.05, 4.69) is 10.3 Å². The van der Waals surface area contributed by atoms with E-state index < -0.39 is 20.9 Å². The van der Waals surface area contributed by atoms with Crippen molar-refractivity contribution < 1.29 is 17.6 Å². The van der Waals surface area contributed by atoms with Crippen molar-refractivity contribution in [3.8, 4) is 0 Å². The maximum absolute atomic E-state index is 13.5. The Kier molecular flexibility index (Phi) is 3.58. The fourth-order valence-electron chi connectivity index (χ4n) is 1.67. The summed E-state index contributed by atoms with van der Waals surface area (Å²) in [6.07, 6.45) is 1.28. The summed E-state index contributed by atoms with van der Waals surface area (Å²) in [6, 6.07) is 2.36. The number of hydrogen-bond donors (Lipinski definition) is 1. The molecule has 0 atom stereocenters. The van der Waals surface area contributed by atoms with Crippen LogP contribution in [0.25, 0.3) is 0 Å². The Morgan fingerprint density at radius 2 is 2.17 bits per heavy atom. The molecule has 0 unspecified atom stereocenters. The lowest BCUT2D eigenvalue weighted by atomic mass is 10.4. The molecule has 6 nitrogen and oxygen atoms in total. The first-order chi connectivity index (χ1) is 8.51. The van der Waals surface area contributed by atoms with Crippen LogP contribution in [-0.4, -0.2) is 43.2 Å². The zero-order valence-corrected chi connectivity index (χ0v) is 10.3. The summed E-state index contributed by atoms with van der Waals surface area (Å²) >= 11 is 0. The van der Waals surface area contributed by atoms with Crippen LogP contribution in [0, 0.1) is 5.82 Å². The number of halogens is 1. The molecule has 1 N–H and O–H groups in total. The molecule has 0 aliphatic carbocycles. The molecule has 1 aromatic rings. The number of hydrogen-bond acceptors (Lipinski definition) is 4. The van der Waals surface area contributed by atoms with Gasteiger partial charge in [-0.15, -0.1) is 0 Å². The first-order valence-corrected chi connectivity index (χ1v) is 6.83. The Morgan fingerprint density at radius 3 is 2.89 bits per heavy atom. The van der Waals surface area contributed by atoms with Gasteiger partial charge in [0.25, 0.3) is 10.0 Å². The molecule has 0 bridgehead atoms. The van der Waals surface area contributed by atoms with Gasteiger partial charge in [-0.3, -0.25) is 4.79 Å². The Labute approximate surface area is 104 Å². The molecule has 98 valence electrons. The fourth-order valence-corrected chi connectivity index (χ4v) is 3.09. The van der Waals surface area contributed by atoms with Gasteiger partial charge >= 0.3 is 0 Å². The van der Waals surface area contributed by atoms with Gasteiger partial charge in [-0.1, -0.05) is 0 Å². The first kappa shape index (κ1) is 12.9. The van der Waals surface area contributed by atoms with Crippen molar-refractivity contribution in [3.63, 3.8) is 0 Å². The number of sulfonamides is 1. The number of carbonyl (C=O) groups is 1. The summed E-state index contributed by atoms with van der Waals surface area (Å²) in [4.78, 5) is 14.7. The van der Waals surface area contributed by atoms with Crippen molar-refractivity contribution in [2.75, 3.05) is 19.6 Å². The Bertz CT molecular complexity index is 561. The third kappa shape index (κ3) is 2.49. The van der Waals surface area contributed by atoms with Gasteiger partial charge in [0.15, 0.2) is 5.82 Å². The van der Waals surface area contributed by atoms with Crippen LogP contribution in [0.5, 0.6) is 0 Å². The van der Waals surface area contributed by atoms with E-state index in [1.165, 1.54) is 12.3 Å². The molecule has 1 fully saturated rings. The van der Waals surface area contributed by atoms with Crippen molar-refractivity contribution in [2.24, 2.45) is 0 Å². The molecule has 8 heteroatoms. The van der Waals surface area contributed by atoms with E-state index in [0.717, 1.165) is 10.4 Å². The molecule has 1 aromatic heterocycles. The van der Waals surface area contributed by atoms with Gasteiger partial charge in [0.05, 0.1) is 0 Å². The van der Waals surface area contributed by atoms with Crippen molar-refractivity contribution >= 4 is 15.9 Å². The zero-order chi connectivity index (χ0) is 13.2. The van der Waals surface area contributed by atoms with Crippen molar-refractivity contribution in [2.45, 2.75) is 11.4 Å². The van der Waals surface area contributed by atoms with E-state index in [9.17, 15) is 17.6 Å². The van der Waals surface area contributed by atoms with Gasteiger partial charge in [0, 0.05) is 32.3 Å². The minimum Gasteiger partial charge on any atom is -0.355 e. The SMILES string of the molecule is O=C1CCN(S(=O)(=O)c2ncccc2F)CCN1. The van der Waals surface area contributed by atoms with Crippen LogP contribution in [0.15, 0.2) is 23.4 Å². The Balaban J connectivity index is 2.31. The molecule has 18 heavy (non-hydrogen) atoms. The number of nitrogens with one attached hydrogen (secondary N) is 1. The molecule has 0 saturated carbocycles. The van der Waals surface area contributed by atoms with Crippen LogP contribution in [0.2, 0.25) is 0 Å². The van der Waals surface area contributed by atoms with E-state index in [0.29, 0.717) is 0 Å². The second-order valence-electron chi connectivity index (χ2n) is 3.79. The van der Waals surface area contributed by atoms with Gasteiger partial charge in [0.2, 0.25) is 10.9 Å². The van der Waals surface area contributed by atoms with E-state index in [1.54, 1.807) is 0 Å². The van der Waals surface area contributed by atoms with Crippen molar-refractivity contribution in [1.82, 2.24) is 14.6 Å². The highest BCUT2D eigenvalue weighted by Gasteiger charge is 2.30. The molecule has 0 spiro atoms. The van der Waals surface area contributed by atoms with Crippen molar-refractivity contribution in [3.05, 3.63) is 24.1 Å². The second-order valence-corrected chi connectivity index (χ2v) is 5.65. The van der Waals surface area contributed by atoms with Crippen LogP contribution in [-0.2, 0) is 14.8 Å². The summed E-state index contributed by atoms with van der Waals surface area (Å²) in [5.41, 5.74) is 0. The molecular weight excluding hydrogens is 261 g/mol. The molecule has 1 amide bonds. The smallest absolute Gasteiger partial charge is 0.263 e. The number of rotatable bonds is 2. The van der Waals surface area contributed by atoms with Gasteiger partial charge in [-0.25, -0.2) is 17.8 Å². The predicted octanol–water partition coefficient (Wildman–Crippen LogP) is -0.269. The minimum atomic E-state index is -3.98. The Hall–Kier alpha value is -1.54. The quantitative estimate of drug-likeness (QED) is 0.804. The lowest BCUT2D eigenvalue weighted by Crippen LogP contribution is -2.35. The summed E-state index contributed by atoms with van der Waals surface area (Å²) < 4.78 is 38.8. The summed E-state index contributed by atoms with van der Waals surface area (Å²) in [6.45, 7) is 0.362. The van der Waals surface area contributed by atoms with E-state index in [-0.39, 0.29) is 32.0 Å². The zero-order valence-electron chi connectivity index (χ0n) is 9.47. The van der Waals surface area contributed by atoms with Crippen LogP contribution >= 0.6 is 0 Å². The monoisotopic (exact) mass is 273 g/mol. The topological polar surface area (TPSA) is 79.4 Å². The van der Waals surface area contributed by atoms with Gasteiger partial charge in [0.1, 0.15) is 0 Å².